The molecule has 2 aromatic carbocycles. The maximum Gasteiger partial charge on any atom is 0.130 e. The Balaban J connectivity index is 1.88. The van der Waals surface area contributed by atoms with E-state index in [1.54, 1.807) is 6.20 Å². The summed E-state index contributed by atoms with van der Waals surface area (Å²) in [5, 5.41) is 3.57. The number of benzene rings is 2. The molecule has 1 aromatic heterocycles. The van der Waals surface area contributed by atoms with E-state index in [1.807, 2.05) is 29.9 Å². The summed E-state index contributed by atoms with van der Waals surface area (Å²) >= 11 is 0. The number of nitrogens with zero attached hydrogens (tertiary/aromatic N) is 2. The van der Waals surface area contributed by atoms with Gasteiger partial charge in [0, 0.05) is 26.0 Å². The van der Waals surface area contributed by atoms with Gasteiger partial charge in [0.05, 0.1) is 6.04 Å². The minimum Gasteiger partial charge on any atom is -0.336 e. The lowest BCUT2D eigenvalue weighted by Crippen LogP contribution is -2.25. The molecule has 0 aliphatic rings. The molecule has 1 N–H and O–H groups in total. The van der Waals surface area contributed by atoms with Crippen molar-refractivity contribution in [3.05, 3.63) is 88.8 Å². The normalized spacial score (nSPS) is 12.3. The molecule has 0 aliphatic heterocycles. The van der Waals surface area contributed by atoms with Crippen molar-refractivity contribution in [2.75, 3.05) is 0 Å². The van der Waals surface area contributed by atoms with Gasteiger partial charge in [-0.15, -0.1) is 0 Å². The van der Waals surface area contributed by atoms with Crippen LogP contribution >= 0.6 is 0 Å². The van der Waals surface area contributed by atoms with E-state index < -0.39 is 0 Å². The summed E-state index contributed by atoms with van der Waals surface area (Å²) in [5.74, 6) is 0.679. The maximum absolute atomic E-state index is 13.3. The SMILES string of the molecule is Cc1ccc(CN[C@@H](c2ccc(F)cc2)c2nccn2C)c(C)c1. The van der Waals surface area contributed by atoms with Crippen LogP contribution in [0.15, 0.2) is 54.9 Å². The highest BCUT2D eigenvalue weighted by Gasteiger charge is 2.18. The number of aryl methyl sites for hydroxylation is 3. The predicted molar refractivity (Wildman–Crippen MR) is 94.2 cm³/mol. The standard InChI is InChI=1S/C20H22FN3/c1-14-4-5-17(15(2)12-14)13-23-19(20-22-10-11-24(20)3)16-6-8-18(21)9-7-16/h4-12,19,23H,13H2,1-3H3/t19-/m0/s1. The van der Waals surface area contributed by atoms with Crippen molar-refractivity contribution in [1.82, 2.24) is 14.9 Å². The number of hydrogen-bond acceptors (Lipinski definition) is 2. The molecule has 0 unspecified atom stereocenters. The molecular formula is C20H22FN3. The first-order chi connectivity index (χ1) is 11.5. The van der Waals surface area contributed by atoms with E-state index in [2.05, 4.69) is 42.3 Å². The minimum atomic E-state index is -0.230. The molecule has 24 heavy (non-hydrogen) atoms. The molecule has 3 nitrogen and oxygen atoms in total. The van der Waals surface area contributed by atoms with Crippen molar-refractivity contribution in [2.45, 2.75) is 26.4 Å². The Bertz CT molecular complexity index is 821. The summed E-state index contributed by atoms with van der Waals surface area (Å²) in [6.45, 7) is 4.94. The molecule has 0 amide bonds. The minimum absolute atomic E-state index is 0.0914. The molecule has 3 aromatic rings. The van der Waals surface area contributed by atoms with Crippen molar-refractivity contribution >= 4 is 0 Å². The highest BCUT2D eigenvalue weighted by molar-refractivity contribution is 5.31. The molecule has 0 saturated heterocycles. The fraction of sp³-hybridized carbons (Fsp3) is 0.250. The molecule has 0 spiro atoms. The predicted octanol–water partition coefficient (Wildman–Crippen LogP) is 4.06. The average Bonchev–Trinajstić information content (AvgIpc) is 2.97. The Morgan fingerprint density at radius 2 is 1.88 bits per heavy atom. The van der Waals surface area contributed by atoms with Crippen molar-refractivity contribution in [1.29, 1.82) is 0 Å². The molecule has 4 heteroatoms. The monoisotopic (exact) mass is 323 g/mol. The number of rotatable bonds is 5. The molecule has 1 heterocycles. The van der Waals surface area contributed by atoms with Gasteiger partial charge in [-0.3, -0.25) is 5.32 Å². The van der Waals surface area contributed by atoms with E-state index in [-0.39, 0.29) is 11.9 Å². The Labute approximate surface area is 142 Å². The van der Waals surface area contributed by atoms with E-state index in [1.165, 1.54) is 28.8 Å². The highest BCUT2D eigenvalue weighted by Crippen LogP contribution is 2.22. The van der Waals surface area contributed by atoms with Crippen LogP contribution in [-0.4, -0.2) is 9.55 Å². The number of nitrogens with one attached hydrogen (secondary N) is 1. The van der Waals surface area contributed by atoms with Gasteiger partial charge in [-0.1, -0.05) is 35.9 Å². The van der Waals surface area contributed by atoms with Crippen molar-refractivity contribution in [3.8, 4) is 0 Å². The molecule has 0 aliphatic carbocycles. The Morgan fingerprint density at radius 3 is 2.50 bits per heavy atom. The fourth-order valence-corrected chi connectivity index (χ4v) is 2.92. The second-order valence-electron chi connectivity index (χ2n) is 6.19. The van der Waals surface area contributed by atoms with Crippen molar-refractivity contribution in [2.24, 2.45) is 7.05 Å². The quantitative estimate of drug-likeness (QED) is 0.767. The number of hydrogen-bond donors (Lipinski definition) is 1. The van der Waals surface area contributed by atoms with Crippen molar-refractivity contribution in [3.63, 3.8) is 0 Å². The average molecular weight is 323 g/mol. The molecule has 0 bridgehead atoms. The zero-order chi connectivity index (χ0) is 17.1. The van der Waals surface area contributed by atoms with E-state index in [4.69, 9.17) is 0 Å². The third-order valence-electron chi connectivity index (χ3n) is 4.31. The van der Waals surface area contributed by atoms with E-state index >= 15 is 0 Å². The molecule has 124 valence electrons. The van der Waals surface area contributed by atoms with Crippen LogP contribution < -0.4 is 5.32 Å². The van der Waals surface area contributed by atoms with E-state index in [0.717, 1.165) is 17.9 Å². The van der Waals surface area contributed by atoms with Gasteiger partial charge in [0.15, 0.2) is 0 Å². The number of imidazole rings is 1. The summed E-state index contributed by atoms with van der Waals surface area (Å²) in [7, 11) is 1.97. The Kier molecular flexibility index (Phi) is 4.76. The lowest BCUT2D eigenvalue weighted by Gasteiger charge is -2.20. The lowest BCUT2D eigenvalue weighted by molar-refractivity contribution is 0.554. The maximum atomic E-state index is 13.3. The van der Waals surface area contributed by atoms with E-state index in [9.17, 15) is 4.39 Å². The molecule has 3 rings (SSSR count). The van der Waals surface area contributed by atoms with Crippen LogP contribution in [0.25, 0.3) is 0 Å². The first-order valence-corrected chi connectivity index (χ1v) is 8.07. The van der Waals surface area contributed by atoms with Crippen LogP contribution in [-0.2, 0) is 13.6 Å². The second-order valence-corrected chi connectivity index (χ2v) is 6.19. The second kappa shape index (κ2) is 6.97. The zero-order valence-electron chi connectivity index (χ0n) is 14.3. The fourth-order valence-electron chi connectivity index (χ4n) is 2.92. The molecular weight excluding hydrogens is 301 g/mol. The van der Waals surface area contributed by atoms with Gasteiger partial charge >= 0.3 is 0 Å². The zero-order valence-corrected chi connectivity index (χ0v) is 14.3. The number of halogens is 1. The van der Waals surface area contributed by atoms with Crippen LogP contribution in [0.4, 0.5) is 4.39 Å². The van der Waals surface area contributed by atoms with Gasteiger partial charge < -0.3 is 4.57 Å². The summed E-state index contributed by atoms with van der Waals surface area (Å²) in [5.41, 5.74) is 4.77. The largest absolute Gasteiger partial charge is 0.336 e. The molecule has 0 fully saturated rings. The summed E-state index contributed by atoms with van der Waals surface area (Å²) in [4.78, 5) is 4.47. The third kappa shape index (κ3) is 3.54. The third-order valence-corrected chi connectivity index (χ3v) is 4.31. The molecule has 0 radical (unpaired) electrons. The first-order valence-electron chi connectivity index (χ1n) is 8.07. The van der Waals surface area contributed by atoms with Gasteiger partial charge in [0.1, 0.15) is 11.6 Å². The Hall–Kier alpha value is -2.46. The van der Waals surface area contributed by atoms with Gasteiger partial charge in [0.25, 0.3) is 0 Å². The molecule has 0 saturated carbocycles. The highest BCUT2D eigenvalue weighted by atomic mass is 19.1. The lowest BCUT2D eigenvalue weighted by atomic mass is 10.0. The van der Waals surface area contributed by atoms with Gasteiger partial charge in [-0.25, -0.2) is 9.37 Å². The van der Waals surface area contributed by atoms with Gasteiger partial charge in [-0.05, 0) is 42.7 Å². The number of aromatic nitrogens is 2. The van der Waals surface area contributed by atoms with Crippen LogP contribution in [0.3, 0.4) is 0 Å². The summed E-state index contributed by atoms with van der Waals surface area (Å²) in [6.07, 6.45) is 3.70. The summed E-state index contributed by atoms with van der Waals surface area (Å²) < 4.78 is 15.3. The first kappa shape index (κ1) is 16.4. The smallest absolute Gasteiger partial charge is 0.130 e. The topological polar surface area (TPSA) is 29.9 Å². The Morgan fingerprint density at radius 1 is 1.12 bits per heavy atom. The van der Waals surface area contributed by atoms with Crippen LogP contribution in [0.2, 0.25) is 0 Å². The van der Waals surface area contributed by atoms with Gasteiger partial charge in [0.2, 0.25) is 0 Å². The van der Waals surface area contributed by atoms with E-state index in [0.29, 0.717) is 0 Å². The molecule has 1 atom stereocenters. The van der Waals surface area contributed by atoms with Crippen LogP contribution in [0.5, 0.6) is 0 Å². The summed E-state index contributed by atoms with van der Waals surface area (Å²) in [6, 6.07) is 13.0. The van der Waals surface area contributed by atoms with Crippen molar-refractivity contribution < 1.29 is 4.39 Å². The van der Waals surface area contributed by atoms with Crippen LogP contribution in [0.1, 0.15) is 34.1 Å². The van der Waals surface area contributed by atoms with Crippen LogP contribution in [0, 0.1) is 19.7 Å². The van der Waals surface area contributed by atoms with Gasteiger partial charge in [-0.2, -0.15) is 0 Å².